The summed E-state index contributed by atoms with van der Waals surface area (Å²) < 4.78 is 5.81. The molecule has 0 bridgehead atoms. The Kier molecular flexibility index (Phi) is 4.29. The molecule has 0 saturated carbocycles. The summed E-state index contributed by atoms with van der Waals surface area (Å²) in [7, 11) is 2.04. The highest BCUT2D eigenvalue weighted by atomic mass is 35.5. The van der Waals surface area contributed by atoms with Gasteiger partial charge in [-0.1, -0.05) is 17.7 Å². The third kappa shape index (κ3) is 3.37. The van der Waals surface area contributed by atoms with E-state index in [0.717, 1.165) is 19.5 Å². The summed E-state index contributed by atoms with van der Waals surface area (Å²) in [6.07, 6.45) is 1.09. The standard InChI is InChI=1S/C13H17ClN2O3/c1-16-5-4-9(7-16)19-11-3-2-8(6-10(11)14)12(15)13(17)18/h2-3,6,9,12H,4-5,7,15H2,1H3,(H,17,18). The van der Waals surface area contributed by atoms with Crippen molar-refractivity contribution in [1.29, 1.82) is 0 Å². The van der Waals surface area contributed by atoms with Crippen molar-refractivity contribution in [1.82, 2.24) is 4.90 Å². The fraction of sp³-hybridized carbons (Fsp3) is 0.462. The fourth-order valence-electron chi connectivity index (χ4n) is 2.12. The van der Waals surface area contributed by atoms with Gasteiger partial charge in [0.1, 0.15) is 17.9 Å². The molecule has 1 saturated heterocycles. The summed E-state index contributed by atoms with van der Waals surface area (Å²) in [4.78, 5) is 13.0. The van der Waals surface area contributed by atoms with Crippen LogP contribution in [0.5, 0.6) is 5.75 Å². The van der Waals surface area contributed by atoms with E-state index in [1.165, 1.54) is 0 Å². The Morgan fingerprint density at radius 2 is 2.37 bits per heavy atom. The fourth-order valence-corrected chi connectivity index (χ4v) is 2.35. The normalized spacial score (nSPS) is 21.3. The van der Waals surface area contributed by atoms with Crippen LogP contribution in [0.1, 0.15) is 18.0 Å². The van der Waals surface area contributed by atoms with Gasteiger partial charge >= 0.3 is 5.97 Å². The number of nitrogens with zero attached hydrogens (tertiary/aromatic N) is 1. The molecular formula is C13H17ClN2O3. The van der Waals surface area contributed by atoms with E-state index in [4.69, 9.17) is 27.2 Å². The van der Waals surface area contributed by atoms with Crippen LogP contribution in [0.3, 0.4) is 0 Å². The molecule has 2 atom stereocenters. The van der Waals surface area contributed by atoms with E-state index in [2.05, 4.69) is 4.90 Å². The number of likely N-dealkylation sites (N-methyl/N-ethyl adjacent to an activating group) is 1. The summed E-state index contributed by atoms with van der Waals surface area (Å²) in [6, 6.07) is 3.80. The van der Waals surface area contributed by atoms with Crippen LogP contribution in [0.4, 0.5) is 0 Å². The maximum Gasteiger partial charge on any atom is 0.325 e. The zero-order chi connectivity index (χ0) is 14.0. The number of nitrogens with two attached hydrogens (primary N) is 1. The predicted octanol–water partition coefficient (Wildman–Crippen LogP) is 1.51. The van der Waals surface area contributed by atoms with Crippen molar-refractivity contribution < 1.29 is 14.6 Å². The third-order valence-electron chi connectivity index (χ3n) is 3.22. The quantitative estimate of drug-likeness (QED) is 0.876. The van der Waals surface area contributed by atoms with E-state index in [9.17, 15) is 4.79 Å². The van der Waals surface area contributed by atoms with Crippen LogP contribution < -0.4 is 10.5 Å². The number of benzene rings is 1. The smallest absolute Gasteiger partial charge is 0.325 e. The maximum absolute atomic E-state index is 10.8. The van der Waals surface area contributed by atoms with Crippen LogP contribution >= 0.6 is 11.6 Å². The van der Waals surface area contributed by atoms with Gasteiger partial charge in [0.15, 0.2) is 0 Å². The number of likely N-dealkylation sites (tertiary alicyclic amines) is 1. The number of ether oxygens (including phenoxy) is 1. The molecule has 3 N–H and O–H groups in total. The lowest BCUT2D eigenvalue weighted by Crippen LogP contribution is -2.22. The summed E-state index contributed by atoms with van der Waals surface area (Å²) >= 11 is 6.11. The molecule has 19 heavy (non-hydrogen) atoms. The van der Waals surface area contributed by atoms with Crippen LogP contribution in [0, 0.1) is 0 Å². The van der Waals surface area contributed by atoms with Crippen molar-refractivity contribution in [3.05, 3.63) is 28.8 Å². The average molecular weight is 285 g/mol. The van der Waals surface area contributed by atoms with Crippen LogP contribution in [-0.4, -0.2) is 42.2 Å². The van der Waals surface area contributed by atoms with E-state index in [0.29, 0.717) is 16.3 Å². The van der Waals surface area contributed by atoms with E-state index in [1.807, 2.05) is 7.05 Å². The third-order valence-corrected chi connectivity index (χ3v) is 3.52. The zero-order valence-corrected chi connectivity index (χ0v) is 11.4. The summed E-state index contributed by atoms with van der Waals surface area (Å²) in [6.45, 7) is 1.87. The first-order chi connectivity index (χ1) is 8.97. The van der Waals surface area contributed by atoms with E-state index in [1.54, 1.807) is 18.2 Å². The second-order valence-electron chi connectivity index (χ2n) is 4.80. The Balaban J connectivity index is 2.09. The van der Waals surface area contributed by atoms with E-state index < -0.39 is 12.0 Å². The first-order valence-electron chi connectivity index (χ1n) is 6.10. The lowest BCUT2D eigenvalue weighted by molar-refractivity contribution is -0.138. The molecule has 1 fully saturated rings. The van der Waals surface area contributed by atoms with Crippen LogP contribution in [0.15, 0.2) is 18.2 Å². The Hall–Kier alpha value is -1.30. The summed E-state index contributed by atoms with van der Waals surface area (Å²) in [5.74, 6) is -0.509. The van der Waals surface area contributed by atoms with Crippen LogP contribution in [0.2, 0.25) is 5.02 Å². The average Bonchev–Trinajstić information content (AvgIpc) is 2.76. The largest absolute Gasteiger partial charge is 0.487 e. The molecule has 1 heterocycles. The zero-order valence-electron chi connectivity index (χ0n) is 10.7. The highest BCUT2D eigenvalue weighted by molar-refractivity contribution is 6.32. The molecule has 0 spiro atoms. The maximum atomic E-state index is 10.8. The molecule has 1 aromatic rings. The number of carbonyl (C=O) groups is 1. The summed E-state index contributed by atoms with van der Waals surface area (Å²) in [5, 5.41) is 9.24. The number of carboxylic acid groups (broad SMARTS) is 1. The molecule has 0 aliphatic carbocycles. The minimum Gasteiger partial charge on any atom is -0.487 e. The number of halogens is 1. The lowest BCUT2D eigenvalue weighted by Gasteiger charge is -2.16. The second kappa shape index (κ2) is 5.77. The van der Waals surface area contributed by atoms with Crippen molar-refractivity contribution >= 4 is 17.6 Å². The van der Waals surface area contributed by atoms with Gasteiger partial charge in [-0.15, -0.1) is 0 Å². The number of rotatable bonds is 4. The SMILES string of the molecule is CN1CCC(Oc2ccc(C(N)C(=O)O)cc2Cl)C1. The van der Waals surface area contributed by atoms with Crippen LogP contribution in [-0.2, 0) is 4.79 Å². The second-order valence-corrected chi connectivity index (χ2v) is 5.20. The Labute approximate surface area is 116 Å². The van der Waals surface area contributed by atoms with Gasteiger partial charge in [0.05, 0.1) is 5.02 Å². The number of aliphatic carboxylic acids is 1. The van der Waals surface area contributed by atoms with Gasteiger partial charge in [0, 0.05) is 13.1 Å². The van der Waals surface area contributed by atoms with Gasteiger partial charge in [0.25, 0.3) is 0 Å². The van der Waals surface area contributed by atoms with Crippen LogP contribution in [0.25, 0.3) is 0 Å². The minimum absolute atomic E-state index is 0.126. The molecule has 6 heteroatoms. The van der Waals surface area contributed by atoms with Gasteiger partial charge in [-0.2, -0.15) is 0 Å². The Morgan fingerprint density at radius 1 is 1.63 bits per heavy atom. The molecule has 1 aromatic carbocycles. The molecule has 2 rings (SSSR count). The Morgan fingerprint density at radius 3 is 2.89 bits per heavy atom. The van der Waals surface area contributed by atoms with Gasteiger partial charge in [-0.3, -0.25) is 4.79 Å². The topological polar surface area (TPSA) is 75.8 Å². The Bertz CT molecular complexity index is 481. The van der Waals surface area contributed by atoms with Crippen molar-refractivity contribution in [3.8, 4) is 5.75 Å². The van der Waals surface area contributed by atoms with Crippen molar-refractivity contribution in [2.24, 2.45) is 5.73 Å². The van der Waals surface area contributed by atoms with Gasteiger partial charge < -0.3 is 20.5 Å². The lowest BCUT2D eigenvalue weighted by atomic mass is 10.1. The molecule has 0 aromatic heterocycles. The van der Waals surface area contributed by atoms with Gasteiger partial charge in [-0.25, -0.2) is 0 Å². The van der Waals surface area contributed by atoms with E-state index in [-0.39, 0.29) is 6.10 Å². The number of hydrogen-bond donors (Lipinski definition) is 2. The molecule has 5 nitrogen and oxygen atoms in total. The van der Waals surface area contributed by atoms with Crippen molar-refractivity contribution in [3.63, 3.8) is 0 Å². The van der Waals surface area contributed by atoms with Crippen molar-refractivity contribution in [2.75, 3.05) is 20.1 Å². The van der Waals surface area contributed by atoms with Gasteiger partial charge in [0.2, 0.25) is 0 Å². The molecule has 0 amide bonds. The number of hydrogen-bond acceptors (Lipinski definition) is 4. The van der Waals surface area contributed by atoms with E-state index >= 15 is 0 Å². The predicted molar refractivity (Wildman–Crippen MR) is 72.5 cm³/mol. The first kappa shape index (κ1) is 14.1. The molecule has 104 valence electrons. The number of carboxylic acids is 1. The monoisotopic (exact) mass is 284 g/mol. The summed E-state index contributed by atoms with van der Waals surface area (Å²) in [5.41, 5.74) is 6.00. The van der Waals surface area contributed by atoms with Gasteiger partial charge in [-0.05, 0) is 31.2 Å². The first-order valence-corrected chi connectivity index (χ1v) is 6.48. The minimum atomic E-state index is -1.08. The molecule has 1 aliphatic heterocycles. The van der Waals surface area contributed by atoms with Crippen molar-refractivity contribution in [2.45, 2.75) is 18.6 Å². The molecule has 2 unspecified atom stereocenters. The molecule has 0 radical (unpaired) electrons. The highest BCUT2D eigenvalue weighted by Gasteiger charge is 2.22. The molecular weight excluding hydrogens is 268 g/mol. The molecule has 1 aliphatic rings. The highest BCUT2D eigenvalue weighted by Crippen LogP contribution is 2.29.